The third-order valence-electron chi connectivity index (χ3n) is 5.78. The predicted molar refractivity (Wildman–Crippen MR) is 132 cm³/mol. The molecule has 1 unspecified atom stereocenters. The van der Waals surface area contributed by atoms with E-state index in [0.717, 1.165) is 42.5 Å². The molecule has 3 heterocycles. The van der Waals surface area contributed by atoms with Crippen LogP contribution in [-0.4, -0.2) is 29.8 Å². The summed E-state index contributed by atoms with van der Waals surface area (Å²) in [6.07, 6.45) is 9.58. The number of nitrogens with zero attached hydrogens (tertiary/aromatic N) is 5. The molecule has 1 aromatic heterocycles. The van der Waals surface area contributed by atoms with Crippen molar-refractivity contribution in [2.75, 3.05) is 29.1 Å². The molecule has 0 fully saturated rings. The van der Waals surface area contributed by atoms with Crippen LogP contribution < -0.4 is 15.5 Å². The summed E-state index contributed by atoms with van der Waals surface area (Å²) in [6, 6.07) is 6.70. The van der Waals surface area contributed by atoms with Crippen molar-refractivity contribution < 1.29 is 0 Å². The summed E-state index contributed by atoms with van der Waals surface area (Å²) in [6.45, 7) is 8.19. The molecule has 2 aromatic rings. The van der Waals surface area contributed by atoms with Gasteiger partial charge in [-0.25, -0.2) is 15.0 Å². The van der Waals surface area contributed by atoms with Crippen LogP contribution in [-0.2, 0) is 13.0 Å². The van der Waals surface area contributed by atoms with Crippen LogP contribution in [0.25, 0.3) is 0 Å². The van der Waals surface area contributed by atoms with E-state index in [0.29, 0.717) is 11.6 Å². The van der Waals surface area contributed by atoms with Gasteiger partial charge in [0, 0.05) is 37.2 Å². The lowest BCUT2D eigenvalue weighted by Gasteiger charge is -2.36. The summed E-state index contributed by atoms with van der Waals surface area (Å²) in [5.41, 5.74) is 11.7. The van der Waals surface area contributed by atoms with Gasteiger partial charge in [0.2, 0.25) is 0 Å². The first kappa shape index (κ1) is 21.4. The van der Waals surface area contributed by atoms with Crippen LogP contribution in [0.15, 0.2) is 57.3 Å². The number of aromatic nitrogens is 2. The Bertz CT molecular complexity index is 1060. The van der Waals surface area contributed by atoms with Crippen molar-refractivity contribution in [1.29, 1.82) is 0 Å². The van der Waals surface area contributed by atoms with Gasteiger partial charge < -0.3 is 15.5 Å². The number of hydrogen-bond acceptors (Lipinski definition) is 7. The second kappa shape index (κ2) is 9.14. The standard InChI is InChI=1S/C24H30N6S/c1-5-18-21(25)23(28-15-27-18)29(4)14-17-10-11-20-19(13-17)30(6-2)22-16(3)9-7-8-12-26-24(22)31-20/h7-8,10-13,15-16H,5-6,9,14,25H2,1-4H3/b8-7+,26-12-. The zero-order valence-electron chi connectivity index (χ0n) is 18.7. The molecule has 0 amide bonds. The molecule has 2 N–H and O–H groups in total. The summed E-state index contributed by atoms with van der Waals surface area (Å²) in [7, 11) is 2.03. The molecule has 1 aromatic carbocycles. The van der Waals surface area contributed by atoms with Gasteiger partial charge in [-0.1, -0.05) is 37.8 Å². The highest BCUT2D eigenvalue weighted by Crippen LogP contribution is 2.47. The second-order valence-corrected chi connectivity index (χ2v) is 8.98. The average molecular weight is 435 g/mol. The molecule has 4 rings (SSSR count). The van der Waals surface area contributed by atoms with E-state index in [1.54, 1.807) is 18.1 Å². The van der Waals surface area contributed by atoms with E-state index in [9.17, 15) is 0 Å². The summed E-state index contributed by atoms with van der Waals surface area (Å²) in [5.74, 6) is 1.20. The van der Waals surface area contributed by atoms with Crippen LogP contribution in [0.1, 0.15) is 38.4 Å². The van der Waals surface area contributed by atoms with Gasteiger partial charge in [0.05, 0.1) is 22.8 Å². The summed E-state index contributed by atoms with van der Waals surface area (Å²) in [4.78, 5) is 19.2. The Balaban J connectivity index is 1.65. The van der Waals surface area contributed by atoms with E-state index >= 15 is 0 Å². The molecule has 0 bridgehead atoms. The van der Waals surface area contributed by atoms with E-state index in [-0.39, 0.29) is 0 Å². The fraction of sp³-hybridized carbons (Fsp3) is 0.375. The highest BCUT2D eigenvalue weighted by Gasteiger charge is 2.28. The zero-order valence-corrected chi connectivity index (χ0v) is 19.5. The van der Waals surface area contributed by atoms with Crippen LogP contribution in [0.5, 0.6) is 0 Å². The molecular formula is C24H30N6S. The molecule has 0 saturated carbocycles. The van der Waals surface area contributed by atoms with Crippen molar-refractivity contribution in [3.05, 3.63) is 58.7 Å². The Morgan fingerprint density at radius 2 is 2.10 bits per heavy atom. The largest absolute Gasteiger partial charge is 0.394 e. The van der Waals surface area contributed by atoms with Gasteiger partial charge >= 0.3 is 0 Å². The number of nitrogen functional groups attached to an aromatic ring is 1. The Morgan fingerprint density at radius 1 is 1.26 bits per heavy atom. The molecule has 6 nitrogen and oxygen atoms in total. The van der Waals surface area contributed by atoms with E-state index in [1.807, 2.05) is 19.3 Å². The number of aryl methyl sites for hydroxylation is 1. The lowest BCUT2D eigenvalue weighted by Crippen LogP contribution is -2.30. The molecule has 0 saturated heterocycles. The summed E-state index contributed by atoms with van der Waals surface area (Å²) >= 11 is 1.77. The zero-order chi connectivity index (χ0) is 22.0. The van der Waals surface area contributed by atoms with Gasteiger partial charge in [0.25, 0.3) is 0 Å². The number of rotatable bonds is 5. The monoisotopic (exact) mass is 434 g/mol. The van der Waals surface area contributed by atoms with Crippen LogP contribution in [0.3, 0.4) is 0 Å². The number of nitrogens with two attached hydrogens (primary N) is 1. The maximum absolute atomic E-state index is 6.32. The quantitative estimate of drug-likeness (QED) is 0.712. The maximum Gasteiger partial charge on any atom is 0.155 e. The van der Waals surface area contributed by atoms with Gasteiger partial charge in [-0.3, -0.25) is 0 Å². The van der Waals surface area contributed by atoms with Crippen molar-refractivity contribution in [1.82, 2.24) is 9.97 Å². The van der Waals surface area contributed by atoms with Crippen molar-refractivity contribution in [2.45, 2.75) is 45.1 Å². The molecule has 2 aliphatic rings. The number of aliphatic imine (C=N–C) groups is 1. The van der Waals surface area contributed by atoms with E-state index in [2.05, 4.69) is 64.8 Å². The normalized spacial score (nSPS) is 19.9. The molecule has 1 atom stereocenters. The fourth-order valence-electron chi connectivity index (χ4n) is 4.19. The molecule has 0 spiro atoms. The lowest BCUT2D eigenvalue weighted by molar-refractivity contribution is 0.648. The minimum atomic E-state index is 0.420. The molecule has 0 aliphatic carbocycles. The summed E-state index contributed by atoms with van der Waals surface area (Å²) in [5, 5.41) is 1.11. The van der Waals surface area contributed by atoms with Crippen LogP contribution in [0.2, 0.25) is 0 Å². The van der Waals surface area contributed by atoms with Gasteiger partial charge in [-0.05, 0) is 43.5 Å². The molecule has 2 aliphatic heterocycles. The van der Waals surface area contributed by atoms with Crippen molar-refractivity contribution >= 4 is 35.2 Å². The molecular weight excluding hydrogens is 404 g/mol. The van der Waals surface area contributed by atoms with E-state index < -0.39 is 0 Å². The Kier molecular flexibility index (Phi) is 6.32. The number of anilines is 3. The van der Waals surface area contributed by atoms with Crippen molar-refractivity contribution in [2.24, 2.45) is 10.9 Å². The number of hydrogen-bond donors (Lipinski definition) is 1. The van der Waals surface area contributed by atoms with Gasteiger partial charge in [-0.15, -0.1) is 0 Å². The average Bonchev–Trinajstić information content (AvgIpc) is 2.76. The first-order valence-corrected chi connectivity index (χ1v) is 11.7. The van der Waals surface area contributed by atoms with Crippen LogP contribution >= 0.6 is 11.8 Å². The first-order chi connectivity index (χ1) is 15.0. The number of fused-ring (bicyclic) bond motifs is 1. The topological polar surface area (TPSA) is 70.6 Å². The van der Waals surface area contributed by atoms with E-state index in [1.165, 1.54) is 21.8 Å². The predicted octanol–water partition coefficient (Wildman–Crippen LogP) is 5.03. The second-order valence-electron chi connectivity index (χ2n) is 7.95. The number of thioether (sulfide) groups is 1. The smallest absolute Gasteiger partial charge is 0.155 e. The number of benzene rings is 1. The number of allylic oxidation sites excluding steroid dienone is 3. The Labute approximate surface area is 189 Å². The Morgan fingerprint density at radius 3 is 2.87 bits per heavy atom. The first-order valence-electron chi connectivity index (χ1n) is 10.9. The lowest BCUT2D eigenvalue weighted by atomic mass is 10.0. The molecule has 162 valence electrons. The fourth-order valence-corrected chi connectivity index (χ4v) is 5.34. The maximum atomic E-state index is 6.32. The molecule has 7 heteroatoms. The minimum Gasteiger partial charge on any atom is -0.394 e. The van der Waals surface area contributed by atoms with Crippen LogP contribution in [0, 0.1) is 5.92 Å². The third kappa shape index (κ3) is 4.19. The third-order valence-corrected chi connectivity index (χ3v) is 6.85. The van der Waals surface area contributed by atoms with Gasteiger partial charge in [0.1, 0.15) is 11.4 Å². The van der Waals surface area contributed by atoms with Gasteiger partial charge in [-0.2, -0.15) is 0 Å². The SMILES string of the molecule is CCc1ncnc(N(C)Cc2ccc3c(c2)N(CC)C2=C(/N=C\C=C\CC2C)S3)c1N. The Hall–Kier alpha value is -2.80. The van der Waals surface area contributed by atoms with Gasteiger partial charge in [0.15, 0.2) is 5.82 Å². The van der Waals surface area contributed by atoms with Crippen molar-refractivity contribution in [3.8, 4) is 0 Å². The van der Waals surface area contributed by atoms with E-state index in [4.69, 9.17) is 10.7 Å². The van der Waals surface area contributed by atoms with Crippen LogP contribution in [0.4, 0.5) is 17.2 Å². The molecule has 31 heavy (non-hydrogen) atoms. The minimum absolute atomic E-state index is 0.420. The van der Waals surface area contributed by atoms with Crippen molar-refractivity contribution in [3.63, 3.8) is 0 Å². The highest BCUT2D eigenvalue weighted by molar-refractivity contribution is 8.03. The highest BCUT2D eigenvalue weighted by atomic mass is 32.2. The molecule has 0 radical (unpaired) electrons. The summed E-state index contributed by atoms with van der Waals surface area (Å²) < 4.78 is 0.